The van der Waals surface area contributed by atoms with Crippen molar-refractivity contribution >= 4 is 27.5 Å². The van der Waals surface area contributed by atoms with Gasteiger partial charge in [0.05, 0.1) is 18.6 Å². The zero-order valence-corrected chi connectivity index (χ0v) is 19.2. The van der Waals surface area contributed by atoms with Gasteiger partial charge in [-0.15, -0.1) is 0 Å². The SMILES string of the molecule is COc1ccc(S(=O)(=O)Nc2ccc(C(=O)NCC(=O)NCCc3ccccc3F)cc2)cc1. The molecule has 178 valence electrons. The van der Waals surface area contributed by atoms with Crippen LogP contribution >= 0.6 is 0 Å². The van der Waals surface area contributed by atoms with E-state index in [9.17, 15) is 22.4 Å². The van der Waals surface area contributed by atoms with E-state index in [0.717, 1.165) is 0 Å². The minimum absolute atomic E-state index is 0.0659. The summed E-state index contributed by atoms with van der Waals surface area (Å²) in [6.45, 7) is -0.0133. The molecule has 0 aliphatic carbocycles. The summed E-state index contributed by atoms with van der Waals surface area (Å²) in [6, 6.07) is 18.0. The van der Waals surface area contributed by atoms with Gasteiger partial charge in [-0.2, -0.15) is 0 Å². The first-order valence-corrected chi connectivity index (χ1v) is 11.8. The van der Waals surface area contributed by atoms with Crippen molar-refractivity contribution in [1.29, 1.82) is 0 Å². The minimum atomic E-state index is -3.81. The molecule has 0 saturated heterocycles. The summed E-state index contributed by atoms with van der Waals surface area (Å²) >= 11 is 0. The number of nitrogens with one attached hydrogen (secondary N) is 3. The number of carbonyl (C=O) groups excluding carboxylic acids is 2. The first-order chi connectivity index (χ1) is 16.3. The summed E-state index contributed by atoms with van der Waals surface area (Å²) in [5.41, 5.74) is 1.03. The van der Waals surface area contributed by atoms with Gasteiger partial charge < -0.3 is 15.4 Å². The topological polar surface area (TPSA) is 114 Å². The lowest BCUT2D eigenvalue weighted by Crippen LogP contribution is -2.37. The zero-order chi connectivity index (χ0) is 24.6. The molecule has 3 N–H and O–H groups in total. The van der Waals surface area contributed by atoms with Gasteiger partial charge in [-0.25, -0.2) is 12.8 Å². The summed E-state index contributed by atoms with van der Waals surface area (Å²) in [6.07, 6.45) is 0.334. The highest BCUT2D eigenvalue weighted by atomic mass is 32.2. The molecule has 0 aromatic heterocycles. The summed E-state index contributed by atoms with van der Waals surface area (Å²) in [5, 5.41) is 5.11. The van der Waals surface area contributed by atoms with Gasteiger partial charge in [0.1, 0.15) is 11.6 Å². The van der Waals surface area contributed by atoms with Crippen LogP contribution in [0.25, 0.3) is 0 Å². The zero-order valence-electron chi connectivity index (χ0n) is 18.4. The molecule has 34 heavy (non-hydrogen) atoms. The second-order valence-corrected chi connectivity index (χ2v) is 8.91. The van der Waals surface area contributed by atoms with Crippen LogP contribution in [0.4, 0.5) is 10.1 Å². The van der Waals surface area contributed by atoms with Crippen LogP contribution in [-0.2, 0) is 21.2 Å². The van der Waals surface area contributed by atoms with Crippen LogP contribution < -0.4 is 20.1 Å². The number of sulfonamides is 1. The number of amides is 2. The molecule has 3 rings (SSSR count). The van der Waals surface area contributed by atoms with Gasteiger partial charge in [0.15, 0.2) is 0 Å². The molecule has 0 aliphatic rings. The van der Waals surface area contributed by atoms with Crippen molar-refractivity contribution in [2.24, 2.45) is 0 Å². The van der Waals surface area contributed by atoms with Crippen molar-refractivity contribution in [3.8, 4) is 5.75 Å². The Kier molecular flexibility index (Phi) is 8.20. The molecule has 8 nitrogen and oxygen atoms in total. The van der Waals surface area contributed by atoms with Crippen LogP contribution in [0.15, 0.2) is 77.7 Å². The fraction of sp³-hybridized carbons (Fsp3) is 0.167. The van der Waals surface area contributed by atoms with Crippen molar-refractivity contribution in [3.63, 3.8) is 0 Å². The van der Waals surface area contributed by atoms with E-state index in [1.54, 1.807) is 18.2 Å². The molecule has 0 radical (unpaired) electrons. The van der Waals surface area contributed by atoms with E-state index in [1.165, 1.54) is 61.7 Å². The molecular formula is C24H24FN3O5S. The number of methoxy groups -OCH3 is 1. The van der Waals surface area contributed by atoms with Crippen LogP contribution in [0.2, 0.25) is 0 Å². The Morgan fingerprint density at radius 1 is 0.912 bits per heavy atom. The monoisotopic (exact) mass is 485 g/mol. The Morgan fingerprint density at radius 2 is 1.59 bits per heavy atom. The summed E-state index contributed by atoms with van der Waals surface area (Å²) in [7, 11) is -2.32. The average Bonchev–Trinajstić information content (AvgIpc) is 2.84. The highest BCUT2D eigenvalue weighted by molar-refractivity contribution is 7.92. The lowest BCUT2D eigenvalue weighted by molar-refractivity contribution is -0.120. The molecule has 0 fully saturated rings. The number of hydrogen-bond acceptors (Lipinski definition) is 5. The normalized spacial score (nSPS) is 10.9. The first-order valence-electron chi connectivity index (χ1n) is 10.3. The molecule has 0 atom stereocenters. The van der Waals surface area contributed by atoms with Crippen LogP contribution in [-0.4, -0.2) is 40.4 Å². The Labute approximate surface area is 197 Å². The molecular weight excluding hydrogens is 461 g/mol. The largest absolute Gasteiger partial charge is 0.497 e. The molecule has 0 spiro atoms. The number of ether oxygens (including phenoxy) is 1. The second-order valence-electron chi connectivity index (χ2n) is 7.23. The van der Waals surface area contributed by atoms with E-state index in [1.807, 2.05) is 0 Å². The van der Waals surface area contributed by atoms with Gasteiger partial charge in [0.2, 0.25) is 5.91 Å². The van der Waals surface area contributed by atoms with E-state index in [2.05, 4.69) is 15.4 Å². The van der Waals surface area contributed by atoms with Crippen molar-refractivity contribution in [2.75, 3.05) is 24.9 Å². The van der Waals surface area contributed by atoms with Crippen molar-refractivity contribution in [1.82, 2.24) is 10.6 Å². The predicted octanol–water partition coefficient (Wildman–Crippen LogP) is 2.72. The van der Waals surface area contributed by atoms with E-state index in [4.69, 9.17) is 4.74 Å². The third-order valence-corrected chi connectivity index (χ3v) is 6.25. The fourth-order valence-corrected chi connectivity index (χ4v) is 4.08. The molecule has 0 heterocycles. The molecule has 0 saturated carbocycles. The van der Waals surface area contributed by atoms with Gasteiger partial charge >= 0.3 is 0 Å². The van der Waals surface area contributed by atoms with Gasteiger partial charge in [-0.05, 0) is 66.6 Å². The molecule has 2 amide bonds. The number of hydrogen-bond donors (Lipinski definition) is 3. The molecule has 3 aromatic rings. The number of benzene rings is 3. The van der Waals surface area contributed by atoms with E-state index in [-0.39, 0.29) is 35.1 Å². The standard InChI is InChI=1S/C24H24FN3O5S/c1-33-20-10-12-21(13-11-20)34(31,32)28-19-8-6-18(7-9-19)24(30)27-16-23(29)26-15-14-17-4-2-3-5-22(17)25/h2-13,28H,14-16H2,1H3,(H,26,29)(H,27,30). The van der Waals surface area contributed by atoms with Crippen molar-refractivity contribution in [3.05, 3.63) is 89.7 Å². The highest BCUT2D eigenvalue weighted by Crippen LogP contribution is 2.19. The van der Waals surface area contributed by atoms with Gasteiger partial charge in [0.25, 0.3) is 15.9 Å². The van der Waals surface area contributed by atoms with Gasteiger partial charge in [-0.1, -0.05) is 18.2 Å². The molecule has 0 aliphatic heterocycles. The first kappa shape index (κ1) is 24.7. The maximum atomic E-state index is 13.6. The van der Waals surface area contributed by atoms with Crippen LogP contribution in [0.3, 0.4) is 0 Å². The lowest BCUT2D eigenvalue weighted by Gasteiger charge is -2.10. The molecule has 10 heteroatoms. The third-order valence-electron chi connectivity index (χ3n) is 4.85. The molecule has 0 bridgehead atoms. The Bertz CT molecular complexity index is 1250. The quantitative estimate of drug-likeness (QED) is 0.409. The van der Waals surface area contributed by atoms with Crippen molar-refractivity contribution in [2.45, 2.75) is 11.3 Å². The van der Waals surface area contributed by atoms with Gasteiger partial charge in [-0.3, -0.25) is 14.3 Å². The Balaban J connectivity index is 1.47. The van der Waals surface area contributed by atoms with E-state index < -0.39 is 21.8 Å². The number of carbonyl (C=O) groups is 2. The summed E-state index contributed by atoms with van der Waals surface area (Å²) in [5.74, 6) is -0.699. The predicted molar refractivity (Wildman–Crippen MR) is 126 cm³/mol. The third kappa shape index (κ3) is 6.79. The molecule has 0 unspecified atom stereocenters. The number of halogens is 1. The second kappa shape index (κ2) is 11.3. The lowest BCUT2D eigenvalue weighted by atomic mass is 10.1. The average molecular weight is 486 g/mol. The van der Waals surface area contributed by atoms with Crippen LogP contribution in [0.5, 0.6) is 5.75 Å². The smallest absolute Gasteiger partial charge is 0.261 e. The molecule has 3 aromatic carbocycles. The van der Waals surface area contributed by atoms with Gasteiger partial charge in [0, 0.05) is 17.8 Å². The highest BCUT2D eigenvalue weighted by Gasteiger charge is 2.15. The van der Waals surface area contributed by atoms with Crippen molar-refractivity contribution < 1.29 is 27.1 Å². The maximum absolute atomic E-state index is 13.6. The Hall–Kier alpha value is -3.92. The number of rotatable bonds is 10. The fourth-order valence-electron chi connectivity index (χ4n) is 3.02. The van der Waals surface area contributed by atoms with Crippen LogP contribution in [0, 0.1) is 5.82 Å². The summed E-state index contributed by atoms with van der Waals surface area (Å²) < 4.78 is 46.0. The minimum Gasteiger partial charge on any atom is -0.497 e. The van der Waals surface area contributed by atoms with E-state index >= 15 is 0 Å². The number of anilines is 1. The summed E-state index contributed by atoms with van der Waals surface area (Å²) in [4.78, 5) is 24.3. The Morgan fingerprint density at radius 3 is 2.24 bits per heavy atom. The maximum Gasteiger partial charge on any atom is 0.261 e. The van der Waals surface area contributed by atoms with E-state index in [0.29, 0.717) is 17.7 Å². The van der Waals surface area contributed by atoms with Crippen LogP contribution in [0.1, 0.15) is 15.9 Å².